The zero-order chi connectivity index (χ0) is 15.3. The molecule has 3 amide bonds. The molecule has 0 saturated heterocycles. The summed E-state index contributed by atoms with van der Waals surface area (Å²) < 4.78 is 2.85. The highest BCUT2D eigenvalue weighted by Gasteiger charge is 2.36. The van der Waals surface area contributed by atoms with Gasteiger partial charge in [-0.05, 0) is 26.0 Å². The Morgan fingerprint density at radius 3 is 2.30 bits per heavy atom. The van der Waals surface area contributed by atoms with E-state index in [1.165, 1.54) is 21.0 Å². The zero-order valence-electron chi connectivity index (χ0n) is 12.3. The summed E-state index contributed by atoms with van der Waals surface area (Å²) in [4.78, 5) is 30.0. The van der Waals surface area contributed by atoms with Crippen LogP contribution in [-0.2, 0) is 4.84 Å². The molecule has 114 valence electrons. The summed E-state index contributed by atoms with van der Waals surface area (Å²) in [5.74, 6) is 0. The largest absolute Gasteiger partial charge is 0.447 e. The molecule has 0 aromatic carbocycles. The maximum Gasteiger partial charge on any atom is 0.447 e. The Balaban J connectivity index is 2.55. The lowest BCUT2D eigenvalue weighted by Gasteiger charge is -2.27. The number of nitrogens with zero attached hydrogens (tertiary/aromatic N) is 4. The second-order valence-corrected chi connectivity index (χ2v) is 6.59. The molecule has 1 aliphatic carbocycles. The van der Waals surface area contributed by atoms with Gasteiger partial charge in [0.05, 0.1) is 12.1 Å². The number of oxime groups is 1. The first kappa shape index (κ1) is 17.0. The van der Waals surface area contributed by atoms with E-state index in [-0.39, 0.29) is 12.1 Å². The normalized spacial score (nSPS) is 14.8. The third kappa shape index (κ3) is 5.12. The first-order chi connectivity index (χ1) is 9.36. The van der Waals surface area contributed by atoms with E-state index < -0.39 is 6.09 Å². The Hall–Kier alpha value is -1.09. The molecule has 7 nitrogen and oxygen atoms in total. The molecule has 1 saturated carbocycles. The van der Waals surface area contributed by atoms with Crippen LogP contribution >= 0.6 is 23.9 Å². The standard InChI is InChI=1S/C11H20N4O3S2/c1-8(19-5)12-18-11(17)14(4)20-15(9-6-7-9)10(16)13(2)3/h9H,6-7H2,1-5H3/b12-8-. The van der Waals surface area contributed by atoms with E-state index in [1.807, 2.05) is 6.26 Å². The van der Waals surface area contributed by atoms with E-state index in [2.05, 4.69) is 5.16 Å². The summed E-state index contributed by atoms with van der Waals surface area (Å²) in [6.45, 7) is 1.75. The number of hydrogen-bond donors (Lipinski definition) is 0. The van der Waals surface area contributed by atoms with Crippen LogP contribution in [0.4, 0.5) is 9.59 Å². The number of rotatable bonds is 4. The average Bonchev–Trinajstić information content (AvgIpc) is 3.24. The van der Waals surface area contributed by atoms with E-state index in [0.29, 0.717) is 5.04 Å². The van der Waals surface area contributed by atoms with E-state index in [1.54, 1.807) is 32.4 Å². The van der Waals surface area contributed by atoms with Crippen LogP contribution in [-0.4, -0.2) is 64.1 Å². The van der Waals surface area contributed by atoms with Crippen molar-refractivity contribution in [2.45, 2.75) is 25.8 Å². The summed E-state index contributed by atoms with van der Waals surface area (Å²) >= 11 is 2.44. The Bertz CT molecular complexity index is 399. The number of amides is 3. The maximum absolute atomic E-state index is 12.0. The fourth-order valence-corrected chi connectivity index (χ4v) is 2.18. The molecule has 20 heavy (non-hydrogen) atoms. The van der Waals surface area contributed by atoms with Crippen LogP contribution in [0.5, 0.6) is 0 Å². The van der Waals surface area contributed by atoms with Crippen molar-refractivity contribution < 1.29 is 14.4 Å². The quantitative estimate of drug-likeness (QED) is 0.262. The number of hydrogen-bond acceptors (Lipinski definition) is 6. The highest BCUT2D eigenvalue weighted by Crippen LogP contribution is 2.34. The Morgan fingerprint density at radius 1 is 1.25 bits per heavy atom. The highest BCUT2D eigenvalue weighted by molar-refractivity contribution is 8.13. The third-order valence-corrected chi connectivity index (χ3v) is 4.15. The Kier molecular flexibility index (Phi) is 6.47. The van der Waals surface area contributed by atoms with Gasteiger partial charge in [-0.25, -0.2) is 18.2 Å². The molecular weight excluding hydrogens is 300 g/mol. The SMILES string of the molecule is CS/C(C)=N\OC(=O)N(C)SN(C(=O)N(C)C)C1CC1. The molecule has 1 aliphatic rings. The number of urea groups is 1. The minimum atomic E-state index is -0.611. The lowest BCUT2D eigenvalue weighted by Crippen LogP contribution is -2.39. The van der Waals surface area contributed by atoms with Crippen molar-refractivity contribution in [1.29, 1.82) is 0 Å². The highest BCUT2D eigenvalue weighted by atomic mass is 32.2. The minimum absolute atomic E-state index is 0.138. The topological polar surface area (TPSA) is 65.5 Å². The molecule has 0 radical (unpaired) electrons. The zero-order valence-corrected chi connectivity index (χ0v) is 14.0. The Labute approximate surface area is 127 Å². The number of carbonyl (C=O) groups excluding carboxylic acids is 2. The van der Waals surface area contributed by atoms with Crippen LogP contribution in [0.25, 0.3) is 0 Å². The third-order valence-electron chi connectivity index (χ3n) is 2.46. The minimum Gasteiger partial charge on any atom is -0.330 e. The first-order valence-electron chi connectivity index (χ1n) is 6.08. The van der Waals surface area contributed by atoms with Crippen LogP contribution in [0.15, 0.2) is 5.16 Å². The molecule has 0 heterocycles. The van der Waals surface area contributed by atoms with Gasteiger partial charge < -0.3 is 4.90 Å². The molecule has 9 heteroatoms. The fourth-order valence-electron chi connectivity index (χ4n) is 1.13. The van der Waals surface area contributed by atoms with E-state index in [9.17, 15) is 9.59 Å². The molecule has 0 atom stereocenters. The first-order valence-corrected chi connectivity index (χ1v) is 8.04. The van der Waals surface area contributed by atoms with Crippen LogP contribution < -0.4 is 0 Å². The van der Waals surface area contributed by atoms with Gasteiger partial charge in [-0.1, -0.05) is 5.16 Å². The monoisotopic (exact) mass is 320 g/mol. The predicted octanol–water partition coefficient (Wildman–Crippen LogP) is 2.46. The molecule has 1 rings (SSSR count). The van der Waals surface area contributed by atoms with E-state index in [4.69, 9.17) is 4.84 Å². The van der Waals surface area contributed by atoms with Gasteiger partial charge in [0.2, 0.25) is 0 Å². The second kappa shape index (κ2) is 7.63. The summed E-state index contributed by atoms with van der Waals surface area (Å²) in [6, 6.07) is 0.0440. The van der Waals surface area contributed by atoms with Gasteiger partial charge in [0, 0.05) is 27.2 Å². The lowest BCUT2D eigenvalue weighted by molar-refractivity contribution is 0.136. The van der Waals surface area contributed by atoms with Gasteiger partial charge in [0.25, 0.3) is 0 Å². The van der Waals surface area contributed by atoms with Crippen molar-refractivity contribution in [2.75, 3.05) is 27.4 Å². The lowest BCUT2D eigenvalue weighted by atomic mass is 10.7. The second-order valence-electron chi connectivity index (χ2n) is 4.48. The van der Waals surface area contributed by atoms with Gasteiger partial charge in [0.15, 0.2) is 0 Å². The summed E-state index contributed by atoms with van der Waals surface area (Å²) in [5.41, 5.74) is 0. The molecular formula is C11H20N4O3S2. The smallest absolute Gasteiger partial charge is 0.330 e. The number of carbonyl (C=O) groups is 2. The molecule has 0 spiro atoms. The summed E-state index contributed by atoms with van der Waals surface area (Å²) in [6.07, 6.45) is 3.15. The van der Waals surface area contributed by atoms with Crippen molar-refractivity contribution in [2.24, 2.45) is 5.16 Å². The van der Waals surface area contributed by atoms with Crippen LogP contribution in [0.2, 0.25) is 0 Å². The van der Waals surface area contributed by atoms with Crippen molar-refractivity contribution in [1.82, 2.24) is 13.5 Å². The molecule has 1 fully saturated rings. The van der Waals surface area contributed by atoms with Crippen LogP contribution in [0.1, 0.15) is 19.8 Å². The van der Waals surface area contributed by atoms with Crippen molar-refractivity contribution >= 4 is 41.1 Å². The van der Waals surface area contributed by atoms with E-state index in [0.717, 1.165) is 25.0 Å². The molecule has 0 aromatic heterocycles. The molecule has 0 bridgehead atoms. The van der Waals surface area contributed by atoms with Crippen molar-refractivity contribution in [3.63, 3.8) is 0 Å². The Morgan fingerprint density at radius 2 is 1.85 bits per heavy atom. The van der Waals surface area contributed by atoms with Crippen molar-refractivity contribution in [3.8, 4) is 0 Å². The van der Waals surface area contributed by atoms with Crippen LogP contribution in [0, 0.1) is 0 Å². The average molecular weight is 320 g/mol. The van der Waals surface area contributed by atoms with Gasteiger partial charge in [-0.2, -0.15) is 0 Å². The molecule has 0 aliphatic heterocycles. The molecule has 0 N–H and O–H groups in total. The fraction of sp³-hybridized carbons (Fsp3) is 0.727. The van der Waals surface area contributed by atoms with Crippen molar-refractivity contribution in [3.05, 3.63) is 0 Å². The van der Waals surface area contributed by atoms with Gasteiger partial charge in [-0.3, -0.25) is 4.84 Å². The molecule has 0 unspecified atom stereocenters. The number of thioether (sulfide) groups is 1. The summed E-state index contributed by atoms with van der Waals surface area (Å²) in [7, 11) is 4.92. The van der Waals surface area contributed by atoms with Gasteiger partial charge in [-0.15, -0.1) is 11.8 Å². The predicted molar refractivity (Wildman–Crippen MR) is 82.4 cm³/mol. The maximum atomic E-state index is 12.0. The van der Waals surface area contributed by atoms with E-state index >= 15 is 0 Å². The van der Waals surface area contributed by atoms with Gasteiger partial charge >= 0.3 is 12.1 Å². The molecule has 0 aromatic rings. The van der Waals surface area contributed by atoms with Gasteiger partial charge in [0.1, 0.15) is 5.04 Å². The summed E-state index contributed by atoms with van der Waals surface area (Å²) in [5, 5.41) is 4.33. The van der Waals surface area contributed by atoms with Crippen LogP contribution in [0.3, 0.4) is 0 Å².